The van der Waals surface area contributed by atoms with E-state index in [0.717, 1.165) is 12.1 Å². The number of rotatable bonds is 0. The second kappa shape index (κ2) is 8.67. The maximum absolute atomic E-state index is 3.14. The molecule has 15 heavy (non-hydrogen) atoms. The fourth-order valence-corrected chi connectivity index (χ4v) is 1.22. The van der Waals surface area contributed by atoms with Crippen LogP contribution < -0.4 is 0 Å². The number of H-pyrrole nitrogens is 1. The topological polar surface area (TPSA) is 15.8 Å². The van der Waals surface area contributed by atoms with Crippen LogP contribution in [-0.2, 0) is 19.5 Å². The number of nitrogens with one attached hydrogen (secondary N) is 1. The Morgan fingerprint density at radius 1 is 1.33 bits per heavy atom. The molecule has 0 saturated heterocycles. The summed E-state index contributed by atoms with van der Waals surface area (Å²) < 4.78 is 0. The second-order valence-electron chi connectivity index (χ2n) is 3.41. The Kier molecular flexibility index (Phi) is 8.32. The van der Waals surface area contributed by atoms with E-state index in [1.54, 1.807) is 0 Å². The van der Waals surface area contributed by atoms with Crippen LogP contribution in [0.15, 0.2) is 24.3 Å². The maximum atomic E-state index is 3.14. The van der Waals surface area contributed by atoms with Gasteiger partial charge in [0.25, 0.3) is 0 Å². The Labute approximate surface area is 105 Å². The third kappa shape index (κ3) is 7.33. The zero-order chi connectivity index (χ0) is 10.2. The average Bonchev–Trinajstić information content (AvgIpc) is 2.49. The number of hydrogen-bond donors (Lipinski definition) is 1. The van der Waals surface area contributed by atoms with Crippen LogP contribution in [0, 0.1) is 26.0 Å². The van der Waals surface area contributed by atoms with Gasteiger partial charge in [-0.1, -0.05) is 25.5 Å². The molecule has 0 radical (unpaired) electrons. The number of allylic oxidation sites excluding steroid dienone is 4. The van der Waals surface area contributed by atoms with Crippen LogP contribution in [0.4, 0.5) is 0 Å². The van der Waals surface area contributed by atoms with Crippen LogP contribution in [0.5, 0.6) is 0 Å². The van der Waals surface area contributed by atoms with Gasteiger partial charge in [0.05, 0.1) is 0 Å². The van der Waals surface area contributed by atoms with Gasteiger partial charge in [-0.2, -0.15) is 6.08 Å². The standard InChI is InChI=1S/C7H9.C6H8N.Ru/c1-2-4-6-7-5-3-1;1-5-3-4-6(2)7-5;/h1-3H,4,6-7H2;3,7H,1-2H3;/q2*-1;+2. The number of hydrogen-bond acceptors (Lipinski definition) is 0. The number of aromatic nitrogens is 1. The molecule has 82 valence electrons. The van der Waals surface area contributed by atoms with E-state index in [0.29, 0.717) is 0 Å². The van der Waals surface area contributed by atoms with Gasteiger partial charge in [-0.05, 0) is 6.92 Å². The van der Waals surface area contributed by atoms with Crippen LogP contribution in [0.3, 0.4) is 0 Å². The molecule has 0 aliphatic heterocycles. The van der Waals surface area contributed by atoms with Crippen LogP contribution in [-0.4, -0.2) is 4.98 Å². The molecule has 1 aromatic rings. The minimum Gasteiger partial charge on any atom is -0.456 e. The Hall–Kier alpha value is -0.617. The van der Waals surface area contributed by atoms with Crippen molar-refractivity contribution in [2.45, 2.75) is 33.1 Å². The molecule has 0 unspecified atom stereocenters. The van der Waals surface area contributed by atoms with Gasteiger partial charge in [0.15, 0.2) is 0 Å². The third-order valence-electron chi connectivity index (χ3n) is 1.93. The molecule has 2 rings (SSSR count). The van der Waals surface area contributed by atoms with Gasteiger partial charge in [-0.25, -0.2) is 24.3 Å². The van der Waals surface area contributed by atoms with Crippen molar-refractivity contribution in [3.8, 4) is 0 Å². The van der Waals surface area contributed by atoms with Crippen molar-refractivity contribution in [3.05, 3.63) is 47.8 Å². The first-order valence-electron chi connectivity index (χ1n) is 5.04. The van der Waals surface area contributed by atoms with Crippen molar-refractivity contribution in [2.75, 3.05) is 0 Å². The van der Waals surface area contributed by atoms with Gasteiger partial charge in [0.2, 0.25) is 0 Å². The predicted octanol–water partition coefficient (Wildman–Crippen LogP) is 3.52. The van der Waals surface area contributed by atoms with Crippen LogP contribution in [0.25, 0.3) is 0 Å². The zero-order valence-corrected chi connectivity index (χ0v) is 11.0. The van der Waals surface area contributed by atoms with Gasteiger partial charge in [0, 0.05) is 0 Å². The molecular weight excluding hydrogens is 271 g/mol. The van der Waals surface area contributed by atoms with E-state index in [-0.39, 0.29) is 19.5 Å². The Morgan fingerprint density at radius 2 is 2.13 bits per heavy atom. The van der Waals surface area contributed by atoms with E-state index in [4.69, 9.17) is 0 Å². The summed E-state index contributed by atoms with van der Waals surface area (Å²) in [5.74, 6) is 0. The number of aryl methyl sites for hydroxylation is 2. The molecule has 1 N–H and O–H groups in total. The van der Waals surface area contributed by atoms with Crippen LogP contribution in [0.1, 0.15) is 30.7 Å². The van der Waals surface area contributed by atoms with E-state index in [1.807, 2.05) is 26.0 Å². The summed E-state index contributed by atoms with van der Waals surface area (Å²) in [5, 5.41) is 0. The molecule has 2 heteroatoms. The third-order valence-corrected chi connectivity index (χ3v) is 1.93. The first-order chi connectivity index (χ1) is 6.79. The second-order valence-corrected chi connectivity index (χ2v) is 3.41. The molecule has 0 atom stereocenters. The quantitative estimate of drug-likeness (QED) is 0.555. The van der Waals surface area contributed by atoms with E-state index >= 15 is 0 Å². The normalized spacial score (nSPS) is 13.5. The Morgan fingerprint density at radius 3 is 2.67 bits per heavy atom. The summed E-state index contributed by atoms with van der Waals surface area (Å²) in [7, 11) is 0. The Bertz CT molecular complexity index is 282. The smallest absolute Gasteiger partial charge is 0.456 e. The molecule has 0 fully saturated rings. The molecular formula is C13H17NRu. The molecule has 1 aliphatic rings. The molecule has 0 amide bonds. The minimum atomic E-state index is 0. The van der Waals surface area contributed by atoms with Crippen molar-refractivity contribution in [2.24, 2.45) is 0 Å². The van der Waals surface area contributed by atoms with E-state index < -0.39 is 0 Å². The van der Waals surface area contributed by atoms with Gasteiger partial charge in [0.1, 0.15) is 0 Å². The Balaban J connectivity index is 0.000000245. The first kappa shape index (κ1) is 14.4. The molecule has 1 heterocycles. The zero-order valence-electron chi connectivity index (χ0n) is 9.28. The summed E-state index contributed by atoms with van der Waals surface area (Å²) in [5.41, 5.74) is 2.29. The van der Waals surface area contributed by atoms with Crippen LogP contribution >= 0.6 is 0 Å². The molecule has 1 aromatic heterocycles. The number of aromatic amines is 1. The predicted molar refractivity (Wildman–Crippen MR) is 59.9 cm³/mol. The SMILES string of the molecule is Cc1[c-]cc(C)[nH]1.[C-]1=CC=CCCC1.[Ru+2]. The van der Waals surface area contributed by atoms with Gasteiger partial charge in [-0.3, -0.25) is 6.08 Å². The van der Waals surface area contributed by atoms with E-state index in [2.05, 4.69) is 29.3 Å². The van der Waals surface area contributed by atoms with Crippen molar-refractivity contribution in [1.29, 1.82) is 0 Å². The maximum Gasteiger partial charge on any atom is 2.00 e. The van der Waals surface area contributed by atoms with Crippen molar-refractivity contribution < 1.29 is 19.5 Å². The molecule has 0 bridgehead atoms. The monoisotopic (exact) mass is 289 g/mol. The molecule has 0 spiro atoms. The van der Waals surface area contributed by atoms with Gasteiger partial charge >= 0.3 is 19.5 Å². The van der Waals surface area contributed by atoms with Crippen LogP contribution in [0.2, 0.25) is 0 Å². The van der Waals surface area contributed by atoms with Gasteiger partial charge < -0.3 is 4.98 Å². The van der Waals surface area contributed by atoms with Crippen molar-refractivity contribution in [1.82, 2.24) is 4.98 Å². The molecule has 0 aromatic carbocycles. The average molecular weight is 288 g/mol. The van der Waals surface area contributed by atoms with Crippen molar-refractivity contribution in [3.63, 3.8) is 0 Å². The van der Waals surface area contributed by atoms with Crippen molar-refractivity contribution >= 4 is 0 Å². The molecule has 0 saturated carbocycles. The van der Waals surface area contributed by atoms with Gasteiger partial charge in [-0.15, -0.1) is 12.1 Å². The fraction of sp³-hybridized carbons (Fsp3) is 0.385. The van der Waals surface area contributed by atoms with E-state index in [9.17, 15) is 0 Å². The summed E-state index contributed by atoms with van der Waals surface area (Å²) in [6, 6.07) is 4.95. The first-order valence-corrected chi connectivity index (χ1v) is 5.04. The summed E-state index contributed by atoms with van der Waals surface area (Å²) >= 11 is 0. The summed E-state index contributed by atoms with van der Waals surface area (Å²) in [6.45, 7) is 4.01. The molecule has 1 aliphatic carbocycles. The van der Waals surface area contributed by atoms with E-state index in [1.165, 1.54) is 18.5 Å². The largest absolute Gasteiger partial charge is 2.00 e. The molecule has 1 nitrogen and oxygen atoms in total. The summed E-state index contributed by atoms with van der Waals surface area (Å²) in [6.07, 6.45) is 13.0. The minimum absolute atomic E-state index is 0. The summed E-state index contributed by atoms with van der Waals surface area (Å²) in [4.78, 5) is 3.08. The fourth-order valence-electron chi connectivity index (χ4n) is 1.22.